The van der Waals surface area contributed by atoms with Crippen LogP contribution in [0.4, 0.5) is 0 Å². The van der Waals surface area contributed by atoms with Crippen LogP contribution in [0.1, 0.15) is 23.6 Å². The summed E-state index contributed by atoms with van der Waals surface area (Å²) in [5, 5.41) is 3.96. The Bertz CT molecular complexity index is 406. The van der Waals surface area contributed by atoms with E-state index >= 15 is 0 Å². The quantitative estimate of drug-likeness (QED) is 0.821. The second-order valence-electron chi connectivity index (χ2n) is 3.89. The van der Waals surface area contributed by atoms with E-state index in [0.29, 0.717) is 0 Å². The molecule has 0 saturated heterocycles. The molecule has 0 heterocycles. The summed E-state index contributed by atoms with van der Waals surface area (Å²) in [4.78, 5) is 11.0. The van der Waals surface area contributed by atoms with Crippen molar-refractivity contribution in [3.63, 3.8) is 0 Å². The third-order valence-electron chi connectivity index (χ3n) is 2.90. The molecule has 1 N–H and O–H groups in total. The van der Waals surface area contributed by atoms with Crippen LogP contribution >= 0.6 is 11.6 Å². The number of halogens is 1. The third-order valence-corrected chi connectivity index (χ3v) is 3.14. The summed E-state index contributed by atoms with van der Waals surface area (Å²) in [5.74, 6) is -0.234. The highest BCUT2D eigenvalue weighted by atomic mass is 35.5. The summed E-state index contributed by atoms with van der Waals surface area (Å²) in [5.41, 5.74) is 2.52. The van der Waals surface area contributed by atoms with Crippen molar-refractivity contribution in [3.05, 3.63) is 34.3 Å². The molecule has 0 fully saturated rings. The number of esters is 1. The van der Waals surface area contributed by atoms with Crippen LogP contribution in [-0.2, 0) is 16.0 Å². The predicted octanol–water partition coefficient (Wildman–Crippen LogP) is 2.09. The topological polar surface area (TPSA) is 38.3 Å². The molecule has 4 heteroatoms. The van der Waals surface area contributed by atoms with E-state index in [-0.39, 0.29) is 18.6 Å². The zero-order chi connectivity index (χ0) is 11.5. The zero-order valence-electron chi connectivity index (χ0n) is 9.13. The van der Waals surface area contributed by atoms with Gasteiger partial charge in [-0.3, -0.25) is 4.79 Å². The molecule has 1 aliphatic carbocycles. The van der Waals surface area contributed by atoms with Crippen LogP contribution in [0.2, 0.25) is 5.02 Å². The largest absolute Gasteiger partial charge is 0.468 e. The van der Waals surface area contributed by atoms with Gasteiger partial charge in [-0.2, -0.15) is 0 Å². The van der Waals surface area contributed by atoms with Crippen molar-refractivity contribution in [1.82, 2.24) is 5.32 Å². The van der Waals surface area contributed by atoms with E-state index in [0.717, 1.165) is 17.9 Å². The van der Waals surface area contributed by atoms with Gasteiger partial charge in [-0.15, -0.1) is 0 Å². The lowest BCUT2D eigenvalue weighted by Gasteiger charge is -2.12. The first-order valence-electron chi connectivity index (χ1n) is 5.29. The van der Waals surface area contributed by atoms with E-state index in [1.54, 1.807) is 0 Å². The minimum absolute atomic E-state index is 0.234. The molecule has 1 unspecified atom stereocenters. The van der Waals surface area contributed by atoms with E-state index in [1.807, 2.05) is 18.2 Å². The molecule has 0 spiro atoms. The number of carbonyl (C=O) groups is 1. The Morgan fingerprint density at radius 2 is 2.44 bits per heavy atom. The molecule has 86 valence electrons. The molecule has 0 aromatic heterocycles. The van der Waals surface area contributed by atoms with E-state index in [2.05, 4.69) is 10.1 Å². The maximum absolute atomic E-state index is 11.0. The molecule has 1 atom stereocenters. The molecule has 16 heavy (non-hydrogen) atoms. The summed E-state index contributed by atoms with van der Waals surface area (Å²) >= 11 is 5.93. The fourth-order valence-corrected chi connectivity index (χ4v) is 2.27. The number of hydrogen-bond acceptors (Lipinski definition) is 3. The summed E-state index contributed by atoms with van der Waals surface area (Å²) in [6.45, 7) is 0.253. The Morgan fingerprint density at radius 3 is 3.19 bits per heavy atom. The first-order chi connectivity index (χ1) is 7.70. The van der Waals surface area contributed by atoms with E-state index < -0.39 is 0 Å². The molecule has 2 rings (SSSR count). The summed E-state index contributed by atoms with van der Waals surface area (Å²) in [6, 6.07) is 6.15. The highest BCUT2D eigenvalue weighted by molar-refractivity contribution is 6.30. The van der Waals surface area contributed by atoms with Gasteiger partial charge < -0.3 is 10.1 Å². The van der Waals surface area contributed by atoms with Crippen LogP contribution in [0.25, 0.3) is 0 Å². The Hall–Kier alpha value is -1.06. The number of carbonyl (C=O) groups excluding carboxylic acids is 1. The highest BCUT2D eigenvalue weighted by Crippen LogP contribution is 2.32. The number of aryl methyl sites for hydroxylation is 1. The van der Waals surface area contributed by atoms with Crippen molar-refractivity contribution in [2.24, 2.45) is 0 Å². The molecule has 1 aromatic rings. The molecule has 0 aliphatic heterocycles. The second-order valence-corrected chi connectivity index (χ2v) is 4.33. The van der Waals surface area contributed by atoms with Gasteiger partial charge in [0, 0.05) is 11.1 Å². The van der Waals surface area contributed by atoms with Crippen molar-refractivity contribution in [2.75, 3.05) is 13.7 Å². The number of rotatable bonds is 3. The molecular weight excluding hydrogens is 226 g/mol. The molecule has 3 nitrogen and oxygen atoms in total. The first kappa shape index (κ1) is 11.4. The Balaban J connectivity index is 2.03. The van der Waals surface area contributed by atoms with Crippen LogP contribution in [-0.4, -0.2) is 19.6 Å². The van der Waals surface area contributed by atoms with Crippen molar-refractivity contribution >= 4 is 17.6 Å². The lowest BCUT2D eigenvalue weighted by molar-refractivity contribution is -0.139. The van der Waals surface area contributed by atoms with Gasteiger partial charge in [-0.05, 0) is 36.1 Å². The maximum Gasteiger partial charge on any atom is 0.319 e. The molecule has 0 radical (unpaired) electrons. The normalized spacial score (nSPS) is 18.2. The monoisotopic (exact) mass is 239 g/mol. The first-order valence-corrected chi connectivity index (χ1v) is 5.67. The molecule has 0 bridgehead atoms. The maximum atomic E-state index is 11.0. The minimum atomic E-state index is -0.234. The second kappa shape index (κ2) is 4.85. The van der Waals surface area contributed by atoms with Crippen molar-refractivity contribution < 1.29 is 9.53 Å². The van der Waals surface area contributed by atoms with Crippen LogP contribution < -0.4 is 5.32 Å². The van der Waals surface area contributed by atoms with Gasteiger partial charge in [-0.1, -0.05) is 17.7 Å². The fraction of sp³-hybridized carbons (Fsp3) is 0.417. The third kappa shape index (κ3) is 2.36. The van der Waals surface area contributed by atoms with Crippen molar-refractivity contribution in [3.8, 4) is 0 Å². The Morgan fingerprint density at radius 1 is 1.62 bits per heavy atom. The van der Waals surface area contributed by atoms with Crippen molar-refractivity contribution in [2.45, 2.75) is 18.9 Å². The SMILES string of the molecule is COC(=O)CNC1CCc2cc(Cl)ccc21. The minimum Gasteiger partial charge on any atom is -0.468 e. The van der Waals surface area contributed by atoms with Crippen LogP contribution in [0, 0.1) is 0 Å². The van der Waals surface area contributed by atoms with Crippen LogP contribution in [0.5, 0.6) is 0 Å². The van der Waals surface area contributed by atoms with Gasteiger partial charge in [-0.25, -0.2) is 0 Å². The number of benzene rings is 1. The van der Waals surface area contributed by atoms with Gasteiger partial charge in [0.1, 0.15) is 0 Å². The van der Waals surface area contributed by atoms with Crippen molar-refractivity contribution in [1.29, 1.82) is 0 Å². The lowest BCUT2D eigenvalue weighted by atomic mass is 10.1. The molecule has 0 saturated carbocycles. The van der Waals surface area contributed by atoms with E-state index in [1.165, 1.54) is 18.2 Å². The van der Waals surface area contributed by atoms with E-state index in [9.17, 15) is 4.79 Å². The summed E-state index contributed by atoms with van der Waals surface area (Å²) in [7, 11) is 1.40. The van der Waals surface area contributed by atoms with Crippen LogP contribution in [0.3, 0.4) is 0 Å². The molecule has 1 aromatic carbocycles. The molecule has 0 amide bonds. The van der Waals surface area contributed by atoms with Crippen LogP contribution in [0.15, 0.2) is 18.2 Å². The molecule has 1 aliphatic rings. The Labute approximate surface area is 99.7 Å². The number of fused-ring (bicyclic) bond motifs is 1. The van der Waals surface area contributed by atoms with Gasteiger partial charge in [0.2, 0.25) is 0 Å². The summed E-state index contributed by atoms with van der Waals surface area (Å²) < 4.78 is 4.59. The average molecular weight is 240 g/mol. The standard InChI is InChI=1S/C12H14ClNO2/c1-16-12(15)7-14-11-5-2-8-6-9(13)3-4-10(8)11/h3-4,6,11,14H,2,5,7H2,1H3. The molecular formula is C12H14ClNO2. The highest BCUT2D eigenvalue weighted by Gasteiger charge is 2.22. The van der Waals surface area contributed by atoms with Gasteiger partial charge in [0.15, 0.2) is 0 Å². The predicted molar refractivity (Wildman–Crippen MR) is 62.5 cm³/mol. The van der Waals surface area contributed by atoms with Gasteiger partial charge in [0.05, 0.1) is 13.7 Å². The Kier molecular flexibility index (Phi) is 3.46. The number of methoxy groups -OCH3 is 1. The smallest absolute Gasteiger partial charge is 0.319 e. The van der Waals surface area contributed by atoms with Gasteiger partial charge in [0.25, 0.3) is 0 Å². The van der Waals surface area contributed by atoms with E-state index in [4.69, 9.17) is 11.6 Å². The number of nitrogens with one attached hydrogen (secondary N) is 1. The number of hydrogen-bond donors (Lipinski definition) is 1. The lowest BCUT2D eigenvalue weighted by Crippen LogP contribution is -2.27. The average Bonchev–Trinajstić information content (AvgIpc) is 2.68. The zero-order valence-corrected chi connectivity index (χ0v) is 9.88. The summed E-state index contributed by atoms with van der Waals surface area (Å²) in [6.07, 6.45) is 2.02. The number of ether oxygens (including phenoxy) is 1. The van der Waals surface area contributed by atoms with Gasteiger partial charge >= 0.3 is 5.97 Å². The fourth-order valence-electron chi connectivity index (χ4n) is 2.08.